The maximum atomic E-state index is 13.0. The molecule has 0 saturated carbocycles. The van der Waals surface area contributed by atoms with Crippen LogP contribution in [0, 0.1) is 5.41 Å². The Balaban J connectivity index is 1.91. The average Bonchev–Trinajstić information content (AvgIpc) is 2.60. The molecule has 1 aliphatic heterocycles. The number of ether oxygens (including phenoxy) is 1. The second-order valence-electron chi connectivity index (χ2n) is 6.63. The molecule has 5 heteroatoms. The Labute approximate surface area is 140 Å². The summed E-state index contributed by atoms with van der Waals surface area (Å²) in [5.74, 6) is 0.782. The highest BCUT2D eigenvalue weighted by Crippen LogP contribution is 2.34. The number of fused-ring (bicyclic) bond motifs is 1. The van der Waals surface area contributed by atoms with Crippen LogP contribution in [0.2, 0.25) is 0 Å². The van der Waals surface area contributed by atoms with Gasteiger partial charge in [0.15, 0.2) is 5.78 Å². The van der Waals surface area contributed by atoms with Crippen molar-refractivity contribution in [2.75, 3.05) is 20.2 Å². The number of carbonyl (C=O) groups is 2. The van der Waals surface area contributed by atoms with E-state index in [0.717, 1.165) is 16.5 Å². The highest BCUT2D eigenvalue weighted by molar-refractivity contribution is 6.03. The number of Topliss-reactive ketones (excluding diaryl/α,β-unsaturated/α-hetero) is 1. The molecule has 1 N–H and O–H groups in total. The molecule has 2 aromatic carbocycles. The molecule has 1 atom stereocenters. The fourth-order valence-corrected chi connectivity index (χ4v) is 3.43. The molecule has 1 amide bonds. The van der Waals surface area contributed by atoms with Crippen LogP contribution in [0.4, 0.5) is 4.79 Å². The lowest BCUT2D eigenvalue weighted by molar-refractivity contribution is 0.0595. The first kappa shape index (κ1) is 16.3. The van der Waals surface area contributed by atoms with E-state index in [1.165, 1.54) is 4.90 Å². The van der Waals surface area contributed by atoms with Crippen LogP contribution in [0.3, 0.4) is 0 Å². The number of nitrogens with zero attached hydrogens (tertiary/aromatic N) is 1. The minimum absolute atomic E-state index is 0.00571. The molecule has 1 heterocycles. The van der Waals surface area contributed by atoms with Crippen molar-refractivity contribution in [3.8, 4) is 5.75 Å². The number of hydrogen-bond donors (Lipinski definition) is 1. The number of benzene rings is 2. The first-order valence-corrected chi connectivity index (χ1v) is 8.03. The molecule has 0 aliphatic carbocycles. The number of methoxy groups -OCH3 is 1. The minimum atomic E-state index is -0.959. The van der Waals surface area contributed by atoms with Crippen LogP contribution >= 0.6 is 0 Å². The van der Waals surface area contributed by atoms with Gasteiger partial charge in [-0.15, -0.1) is 0 Å². The lowest BCUT2D eigenvalue weighted by atomic mass is 9.75. The second-order valence-corrected chi connectivity index (χ2v) is 6.63. The van der Waals surface area contributed by atoms with Gasteiger partial charge in [0.1, 0.15) is 5.75 Å². The van der Waals surface area contributed by atoms with Crippen LogP contribution in [0.15, 0.2) is 36.4 Å². The highest BCUT2D eigenvalue weighted by Gasteiger charge is 2.39. The van der Waals surface area contributed by atoms with Gasteiger partial charge in [-0.3, -0.25) is 4.79 Å². The largest absolute Gasteiger partial charge is 0.497 e. The maximum absolute atomic E-state index is 13.0. The van der Waals surface area contributed by atoms with E-state index in [2.05, 4.69) is 0 Å². The molecule has 1 unspecified atom stereocenters. The van der Waals surface area contributed by atoms with Gasteiger partial charge in [-0.05, 0) is 41.8 Å². The molecule has 126 valence electrons. The number of amides is 1. The molecule has 0 radical (unpaired) electrons. The summed E-state index contributed by atoms with van der Waals surface area (Å²) in [7, 11) is 1.62. The first-order valence-electron chi connectivity index (χ1n) is 8.03. The predicted molar refractivity (Wildman–Crippen MR) is 91.8 cm³/mol. The summed E-state index contributed by atoms with van der Waals surface area (Å²) in [6, 6.07) is 11.3. The molecular formula is C19H21NO4. The molecule has 24 heavy (non-hydrogen) atoms. The third-order valence-electron chi connectivity index (χ3n) is 4.82. The molecule has 3 rings (SSSR count). The second kappa shape index (κ2) is 6.15. The van der Waals surface area contributed by atoms with E-state index in [1.807, 2.05) is 43.3 Å². The van der Waals surface area contributed by atoms with Gasteiger partial charge in [0.2, 0.25) is 0 Å². The quantitative estimate of drug-likeness (QED) is 0.871. The van der Waals surface area contributed by atoms with E-state index in [0.29, 0.717) is 24.9 Å². The lowest BCUT2D eigenvalue weighted by Gasteiger charge is -2.38. The van der Waals surface area contributed by atoms with E-state index < -0.39 is 11.5 Å². The summed E-state index contributed by atoms with van der Waals surface area (Å²) in [4.78, 5) is 25.6. The van der Waals surface area contributed by atoms with Gasteiger partial charge in [-0.25, -0.2) is 4.79 Å². The summed E-state index contributed by atoms with van der Waals surface area (Å²) in [6.07, 6.45) is 0.453. The number of hydrogen-bond acceptors (Lipinski definition) is 3. The van der Waals surface area contributed by atoms with Crippen molar-refractivity contribution >= 4 is 22.6 Å². The van der Waals surface area contributed by atoms with E-state index in [-0.39, 0.29) is 12.3 Å². The van der Waals surface area contributed by atoms with Crippen molar-refractivity contribution < 1.29 is 19.4 Å². The maximum Gasteiger partial charge on any atom is 0.407 e. The monoisotopic (exact) mass is 327 g/mol. The van der Waals surface area contributed by atoms with Crippen molar-refractivity contribution in [1.29, 1.82) is 0 Å². The van der Waals surface area contributed by atoms with Crippen LogP contribution in [0.5, 0.6) is 5.75 Å². The van der Waals surface area contributed by atoms with Crippen molar-refractivity contribution in [2.45, 2.75) is 19.8 Å². The fraction of sp³-hybridized carbons (Fsp3) is 0.368. The lowest BCUT2D eigenvalue weighted by Crippen LogP contribution is -2.48. The fourth-order valence-electron chi connectivity index (χ4n) is 3.43. The average molecular weight is 327 g/mol. The Bertz CT molecular complexity index is 801. The number of ketones is 1. The SMILES string of the molecule is COc1ccc2cc(C(=O)C3(C)CCCN(C(=O)O)C3)ccc2c1. The van der Waals surface area contributed by atoms with Crippen molar-refractivity contribution in [3.63, 3.8) is 0 Å². The number of piperidine rings is 1. The Kier molecular flexibility index (Phi) is 4.18. The van der Waals surface area contributed by atoms with Crippen LogP contribution in [0.1, 0.15) is 30.1 Å². The van der Waals surface area contributed by atoms with Crippen LogP contribution in [-0.2, 0) is 0 Å². The van der Waals surface area contributed by atoms with Gasteiger partial charge < -0.3 is 14.7 Å². The summed E-state index contributed by atoms with van der Waals surface area (Å²) in [6.45, 7) is 2.61. The summed E-state index contributed by atoms with van der Waals surface area (Å²) in [5.41, 5.74) is -0.0426. The molecule has 0 bridgehead atoms. The summed E-state index contributed by atoms with van der Waals surface area (Å²) >= 11 is 0. The minimum Gasteiger partial charge on any atom is -0.497 e. The Morgan fingerprint density at radius 3 is 2.58 bits per heavy atom. The van der Waals surface area contributed by atoms with Crippen LogP contribution in [0.25, 0.3) is 10.8 Å². The zero-order chi connectivity index (χ0) is 17.3. The van der Waals surface area contributed by atoms with Gasteiger partial charge in [-0.1, -0.05) is 25.1 Å². The van der Waals surface area contributed by atoms with E-state index in [4.69, 9.17) is 4.74 Å². The van der Waals surface area contributed by atoms with Gasteiger partial charge in [0.25, 0.3) is 0 Å². The topological polar surface area (TPSA) is 66.8 Å². The molecule has 5 nitrogen and oxygen atoms in total. The Morgan fingerprint density at radius 2 is 1.88 bits per heavy atom. The zero-order valence-electron chi connectivity index (χ0n) is 13.9. The smallest absolute Gasteiger partial charge is 0.407 e. The summed E-state index contributed by atoms with van der Waals surface area (Å²) in [5, 5.41) is 11.2. The highest BCUT2D eigenvalue weighted by atomic mass is 16.5. The van der Waals surface area contributed by atoms with E-state index >= 15 is 0 Å². The van der Waals surface area contributed by atoms with Crippen LogP contribution < -0.4 is 4.74 Å². The zero-order valence-corrected chi connectivity index (χ0v) is 13.9. The molecule has 2 aromatic rings. The summed E-state index contributed by atoms with van der Waals surface area (Å²) < 4.78 is 5.22. The van der Waals surface area contributed by atoms with Crippen molar-refractivity contribution in [2.24, 2.45) is 5.41 Å². The van der Waals surface area contributed by atoms with Gasteiger partial charge in [-0.2, -0.15) is 0 Å². The molecule has 0 spiro atoms. The number of carboxylic acid groups (broad SMARTS) is 1. The number of rotatable bonds is 3. The van der Waals surface area contributed by atoms with E-state index in [1.54, 1.807) is 7.11 Å². The normalized spacial score (nSPS) is 20.8. The molecular weight excluding hydrogens is 306 g/mol. The van der Waals surface area contributed by atoms with Crippen LogP contribution in [-0.4, -0.2) is 42.1 Å². The van der Waals surface area contributed by atoms with E-state index in [9.17, 15) is 14.7 Å². The molecule has 1 aliphatic rings. The van der Waals surface area contributed by atoms with Crippen molar-refractivity contribution in [3.05, 3.63) is 42.0 Å². The van der Waals surface area contributed by atoms with Gasteiger partial charge in [0, 0.05) is 24.1 Å². The van der Waals surface area contributed by atoms with Gasteiger partial charge >= 0.3 is 6.09 Å². The third kappa shape index (κ3) is 2.94. The molecule has 1 saturated heterocycles. The molecule has 1 fully saturated rings. The Morgan fingerprint density at radius 1 is 1.17 bits per heavy atom. The standard InChI is InChI=1S/C19H21NO4/c1-19(8-3-9-20(12-19)18(22)23)17(21)15-5-4-14-11-16(24-2)7-6-13(14)10-15/h4-7,10-11H,3,8-9,12H2,1-2H3,(H,22,23). The first-order chi connectivity index (χ1) is 11.4. The molecule has 0 aromatic heterocycles. The Hall–Kier alpha value is -2.56. The number of likely N-dealkylation sites (tertiary alicyclic amines) is 1. The van der Waals surface area contributed by atoms with Gasteiger partial charge in [0.05, 0.1) is 7.11 Å². The predicted octanol–water partition coefficient (Wildman–Crippen LogP) is 3.81. The number of carbonyl (C=O) groups excluding carboxylic acids is 1. The van der Waals surface area contributed by atoms with Crippen molar-refractivity contribution in [1.82, 2.24) is 4.90 Å². The third-order valence-corrected chi connectivity index (χ3v) is 4.82.